The minimum absolute atomic E-state index is 0.587. The van der Waals surface area contributed by atoms with E-state index in [0.717, 1.165) is 82.7 Å². The summed E-state index contributed by atoms with van der Waals surface area (Å²) in [5, 5.41) is 5.08. The summed E-state index contributed by atoms with van der Waals surface area (Å²) in [7, 11) is 0. The molecule has 0 unspecified atom stereocenters. The highest BCUT2D eigenvalue weighted by molar-refractivity contribution is 6.16. The Bertz CT molecular complexity index is 2840. The lowest BCUT2D eigenvalue weighted by Gasteiger charge is -2.10. The normalized spacial score (nSPS) is 11.8. The highest BCUT2D eigenvalue weighted by Crippen LogP contribution is 2.39. The smallest absolute Gasteiger partial charge is 0.164 e. The molecular formula is C42H24N4O2. The molecule has 0 spiro atoms. The Kier molecular flexibility index (Phi) is 5.77. The van der Waals surface area contributed by atoms with Crippen molar-refractivity contribution in [2.75, 3.05) is 0 Å². The maximum absolute atomic E-state index is 6.28. The SMILES string of the molecule is c1ccc(-c2nc(-c3ccc(-c4nc5c6ccccc6oc5c5ccccc45)cc3)nc(-c3cccc4oc5ccccc5c34)n2)cc1. The van der Waals surface area contributed by atoms with Crippen LogP contribution in [0.5, 0.6) is 0 Å². The van der Waals surface area contributed by atoms with Crippen molar-refractivity contribution >= 4 is 54.8 Å². The zero-order valence-electron chi connectivity index (χ0n) is 25.5. The van der Waals surface area contributed by atoms with E-state index in [0.29, 0.717) is 17.5 Å². The van der Waals surface area contributed by atoms with Gasteiger partial charge < -0.3 is 8.83 Å². The van der Waals surface area contributed by atoms with Crippen LogP contribution in [0.1, 0.15) is 0 Å². The van der Waals surface area contributed by atoms with Crippen LogP contribution in [0.15, 0.2) is 154 Å². The van der Waals surface area contributed by atoms with Crippen molar-refractivity contribution in [2.45, 2.75) is 0 Å². The fourth-order valence-corrected chi connectivity index (χ4v) is 6.69. The molecule has 0 aliphatic carbocycles. The van der Waals surface area contributed by atoms with Gasteiger partial charge in [0.2, 0.25) is 0 Å². The Hall–Kier alpha value is -6.66. The number of furan rings is 2. The van der Waals surface area contributed by atoms with Crippen LogP contribution in [-0.4, -0.2) is 19.9 Å². The van der Waals surface area contributed by atoms with Gasteiger partial charge in [-0.25, -0.2) is 19.9 Å². The molecule has 0 saturated carbocycles. The summed E-state index contributed by atoms with van der Waals surface area (Å²) in [6.07, 6.45) is 0. The van der Waals surface area contributed by atoms with E-state index in [1.807, 2.05) is 97.1 Å². The third-order valence-corrected chi connectivity index (χ3v) is 8.95. The maximum atomic E-state index is 6.28. The van der Waals surface area contributed by atoms with Gasteiger partial charge >= 0.3 is 0 Å². The summed E-state index contributed by atoms with van der Waals surface area (Å²) in [5.74, 6) is 1.78. The molecule has 0 amide bonds. The molecule has 4 aromatic heterocycles. The van der Waals surface area contributed by atoms with Gasteiger partial charge in [-0.2, -0.15) is 0 Å². The molecule has 0 saturated heterocycles. The van der Waals surface area contributed by atoms with Gasteiger partial charge in [-0.1, -0.05) is 121 Å². The van der Waals surface area contributed by atoms with Gasteiger partial charge in [-0.05, 0) is 24.3 Å². The molecule has 0 atom stereocenters. The zero-order valence-corrected chi connectivity index (χ0v) is 25.5. The predicted molar refractivity (Wildman–Crippen MR) is 191 cm³/mol. The van der Waals surface area contributed by atoms with Gasteiger partial charge in [0.1, 0.15) is 22.3 Å². The molecule has 0 N–H and O–H groups in total. The van der Waals surface area contributed by atoms with E-state index in [1.165, 1.54) is 0 Å². The molecule has 0 fully saturated rings. The molecule has 10 aromatic rings. The number of para-hydroxylation sites is 2. The number of nitrogens with zero attached hydrogens (tertiary/aromatic N) is 4. The zero-order chi connectivity index (χ0) is 31.6. The third kappa shape index (κ3) is 4.13. The van der Waals surface area contributed by atoms with Crippen molar-refractivity contribution in [3.8, 4) is 45.4 Å². The fourth-order valence-electron chi connectivity index (χ4n) is 6.69. The summed E-state index contributed by atoms with van der Waals surface area (Å²) in [4.78, 5) is 20.2. The average molecular weight is 617 g/mol. The molecule has 0 bridgehead atoms. The van der Waals surface area contributed by atoms with E-state index >= 15 is 0 Å². The van der Waals surface area contributed by atoms with E-state index < -0.39 is 0 Å². The molecule has 0 aliphatic rings. The quantitative estimate of drug-likeness (QED) is 0.196. The topological polar surface area (TPSA) is 77.8 Å². The number of benzene rings is 6. The van der Waals surface area contributed by atoms with Gasteiger partial charge in [0.25, 0.3) is 0 Å². The van der Waals surface area contributed by atoms with E-state index in [2.05, 4.69) is 48.5 Å². The molecule has 6 heteroatoms. The minimum atomic E-state index is 0.587. The highest BCUT2D eigenvalue weighted by Gasteiger charge is 2.19. The lowest BCUT2D eigenvalue weighted by molar-refractivity contribution is 0.669. The van der Waals surface area contributed by atoms with E-state index in [-0.39, 0.29) is 0 Å². The van der Waals surface area contributed by atoms with E-state index in [1.54, 1.807) is 0 Å². The Morgan fingerprint density at radius 1 is 0.354 bits per heavy atom. The van der Waals surface area contributed by atoms with Crippen LogP contribution >= 0.6 is 0 Å². The summed E-state index contributed by atoms with van der Waals surface area (Å²) in [6, 6.07) is 48.7. The van der Waals surface area contributed by atoms with Crippen molar-refractivity contribution in [1.82, 2.24) is 19.9 Å². The number of fused-ring (bicyclic) bond motifs is 8. The molecule has 224 valence electrons. The van der Waals surface area contributed by atoms with Crippen LogP contribution in [-0.2, 0) is 0 Å². The largest absolute Gasteiger partial charge is 0.456 e. The van der Waals surface area contributed by atoms with Crippen LogP contribution in [0.2, 0.25) is 0 Å². The number of hydrogen-bond acceptors (Lipinski definition) is 6. The Balaban J connectivity index is 1.15. The molecule has 0 aliphatic heterocycles. The third-order valence-electron chi connectivity index (χ3n) is 8.95. The van der Waals surface area contributed by atoms with Crippen LogP contribution in [0, 0.1) is 0 Å². The molecule has 0 radical (unpaired) electrons. The standard InChI is InChI=1S/C42H24N4O2/c1-2-11-26(12-3-1)40-44-41(46-42(45-40)32-17-10-20-35-36(32)30-15-6-8-18-33(30)47-35)27-23-21-25(22-24-27)37-28-13-4-5-14-29(28)39-38(43-37)31-16-7-9-19-34(31)48-39/h1-24H. The molecule has 4 heterocycles. The summed E-state index contributed by atoms with van der Waals surface area (Å²) >= 11 is 0. The van der Waals surface area contributed by atoms with Crippen LogP contribution in [0.4, 0.5) is 0 Å². The first kappa shape index (κ1) is 26.5. The van der Waals surface area contributed by atoms with Gasteiger partial charge in [-0.3, -0.25) is 0 Å². The number of aromatic nitrogens is 4. The number of rotatable bonds is 4. The van der Waals surface area contributed by atoms with E-state index in [9.17, 15) is 0 Å². The lowest BCUT2D eigenvalue weighted by atomic mass is 10.0. The van der Waals surface area contributed by atoms with Gasteiger partial charge in [0, 0.05) is 49.2 Å². The van der Waals surface area contributed by atoms with Gasteiger partial charge in [-0.15, -0.1) is 0 Å². The van der Waals surface area contributed by atoms with Gasteiger partial charge in [0.15, 0.2) is 23.1 Å². The van der Waals surface area contributed by atoms with E-state index in [4.69, 9.17) is 28.8 Å². The monoisotopic (exact) mass is 616 g/mol. The van der Waals surface area contributed by atoms with Crippen molar-refractivity contribution in [3.63, 3.8) is 0 Å². The van der Waals surface area contributed by atoms with Crippen molar-refractivity contribution in [3.05, 3.63) is 146 Å². The van der Waals surface area contributed by atoms with Crippen LogP contribution in [0.25, 0.3) is 100 Å². The van der Waals surface area contributed by atoms with Crippen LogP contribution in [0.3, 0.4) is 0 Å². The first-order chi connectivity index (χ1) is 23.8. The van der Waals surface area contributed by atoms with Gasteiger partial charge in [0.05, 0.1) is 5.69 Å². The summed E-state index contributed by atoms with van der Waals surface area (Å²) in [6.45, 7) is 0. The van der Waals surface area contributed by atoms with Crippen molar-refractivity contribution < 1.29 is 8.83 Å². The number of hydrogen-bond donors (Lipinski definition) is 0. The highest BCUT2D eigenvalue weighted by atomic mass is 16.3. The second kappa shape index (κ2) is 10.4. The Morgan fingerprint density at radius 3 is 1.69 bits per heavy atom. The maximum Gasteiger partial charge on any atom is 0.164 e. The fraction of sp³-hybridized carbons (Fsp3) is 0. The second-order valence-electron chi connectivity index (χ2n) is 11.8. The first-order valence-electron chi connectivity index (χ1n) is 15.8. The molecule has 48 heavy (non-hydrogen) atoms. The summed E-state index contributed by atoms with van der Waals surface area (Å²) < 4.78 is 12.5. The molecular weight excluding hydrogens is 592 g/mol. The number of pyridine rings is 1. The Labute approximate surface area is 274 Å². The molecule has 6 aromatic carbocycles. The van der Waals surface area contributed by atoms with Crippen molar-refractivity contribution in [1.29, 1.82) is 0 Å². The Morgan fingerprint density at radius 2 is 0.917 bits per heavy atom. The molecule has 6 nitrogen and oxygen atoms in total. The average Bonchev–Trinajstić information content (AvgIpc) is 3.73. The molecule has 10 rings (SSSR count). The summed E-state index contributed by atoms with van der Waals surface area (Å²) in [5.41, 5.74) is 8.70. The predicted octanol–water partition coefficient (Wildman–Crippen LogP) is 10.9. The first-order valence-corrected chi connectivity index (χ1v) is 15.8. The minimum Gasteiger partial charge on any atom is -0.456 e. The van der Waals surface area contributed by atoms with Crippen molar-refractivity contribution in [2.24, 2.45) is 0 Å². The lowest BCUT2D eigenvalue weighted by Crippen LogP contribution is -2.00. The van der Waals surface area contributed by atoms with Crippen LogP contribution < -0.4 is 0 Å². The second-order valence-corrected chi connectivity index (χ2v) is 11.8.